The fourth-order valence-corrected chi connectivity index (χ4v) is 3.96. The van der Waals surface area contributed by atoms with E-state index in [-0.39, 0.29) is 11.6 Å². The van der Waals surface area contributed by atoms with Crippen molar-refractivity contribution in [2.24, 2.45) is 4.99 Å². The van der Waals surface area contributed by atoms with E-state index in [9.17, 15) is 4.79 Å². The molecule has 3 aromatic rings. The topological polar surface area (TPSA) is 57.1 Å². The minimum absolute atomic E-state index is 0.174. The number of aryl methyl sites for hydroxylation is 1. The van der Waals surface area contributed by atoms with Crippen molar-refractivity contribution in [2.75, 3.05) is 6.61 Å². The first-order valence-electron chi connectivity index (χ1n) is 10.4. The molecule has 0 aromatic heterocycles. The van der Waals surface area contributed by atoms with Crippen molar-refractivity contribution in [2.45, 2.75) is 20.5 Å². The first-order chi connectivity index (χ1) is 15.9. The summed E-state index contributed by atoms with van der Waals surface area (Å²) in [7, 11) is 0. The Kier molecular flexibility index (Phi) is 7.16. The third-order valence-corrected chi connectivity index (χ3v) is 5.84. The molecule has 4 rings (SSSR count). The Morgan fingerprint density at radius 3 is 2.58 bits per heavy atom. The summed E-state index contributed by atoms with van der Waals surface area (Å²) in [5.74, 6) is 0.653. The van der Waals surface area contributed by atoms with Crippen molar-refractivity contribution < 1.29 is 19.0 Å². The van der Waals surface area contributed by atoms with Gasteiger partial charge in [0.1, 0.15) is 6.61 Å². The summed E-state index contributed by atoms with van der Waals surface area (Å²) < 4.78 is 17.9. The third kappa shape index (κ3) is 5.46. The quantitative estimate of drug-likeness (QED) is 0.253. The van der Waals surface area contributed by atoms with Gasteiger partial charge in [0.05, 0.1) is 17.2 Å². The van der Waals surface area contributed by atoms with Crippen LogP contribution in [0, 0.1) is 6.92 Å². The second-order valence-electron chi connectivity index (χ2n) is 7.35. The van der Waals surface area contributed by atoms with Gasteiger partial charge in [-0.05, 0) is 71.2 Å². The molecule has 0 aliphatic carbocycles. The van der Waals surface area contributed by atoms with Crippen molar-refractivity contribution in [1.82, 2.24) is 0 Å². The van der Waals surface area contributed by atoms with Crippen LogP contribution >= 0.6 is 27.5 Å². The Morgan fingerprint density at radius 2 is 1.85 bits per heavy atom. The average Bonchev–Trinajstić information content (AvgIpc) is 3.15. The highest BCUT2D eigenvalue weighted by molar-refractivity contribution is 9.10. The summed E-state index contributed by atoms with van der Waals surface area (Å²) in [4.78, 5) is 16.8. The summed E-state index contributed by atoms with van der Waals surface area (Å²) in [5, 5.41) is 0.376. The molecular weight excluding hydrogens is 506 g/mol. The molecule has 0 unspecified atom stereocenters. The van der Waals surface area contributed by atoms with Crippen LogP contribution in [-0.4, -0.2) is 18.5 Å². The monoisotopic (exact) mass is 525 g/mol. The van der Waals surface area contributed by atoms with Gasteiger partial charge in [0, 0.05) is 4.47 Å². The number of ether oxygens (including phenoxy) is 3. The van der Waals surface area contributed by atoms with Crippen LogP contribution in [0.1, 0.15) is 29.2 Å². The molecule has 33 heavy (non-hydrogen) atoms. The Morgan fingerprint density at radius 1 is 1.09 bits per heavy atom. The Hall–Kier alpha value is -3.09. The van der Waals surface area contributed by atoms with E-state index in [0.717, 1.165) is 10.0 Å². The molecule has 0 radical (unpaired) electrons. The number of rotatable bonds is 7. The second kappa shape index (κ2) is 10.2. The predicted molar refractivity (Wildman–Crippen MR) is 133 cm³/mol. The first-order valence-corrected chi connectivity index (χ1v) is 11.5. The highest BCUT2D eigenvalue weighted by Gasteiger charge is 2.25. The van der Waals surface area contributed by atoms with E-state index < -0.39 is 5.97 Å². The SMILES string of the molecule is CCOc1cc(/C=C2\N=C(c3ccccc3Br)OC2=O)cc(Cl)c1OCc1ccc(C)cc1. The van der Waals surface area contributed by atoms with Crippen LogP contribution in [-0.2, 0) is 16.1 Å². The van der Waals surface area contributed by atoms with Gasteiger partial charge in [0.2, 0.25) is 5.90 Å². The van der Waals surface area contributed by atoms with Crippen molar-refractivity contribution in [3.8, 4) is 11.5 Å². The molecule has 0 bridgehead atoms. The molecule has 0 atom stereocenters. The highest BCUT2D eigenvalue weighted by atomic mass is 79.9. The number of hydrogen-bond donors (Lipinski definition) is 0. The van der Waals surface area contributed by atoms with Crippen LogP contribution in [0.3, 0.4) is 0 Å². The van der Waals surface area contributed by atoms with Crippen LogP contribution in [0.4, 0.5) is 0 Å². The van der Waals surface area contributed by atoms with Crippen LogP contribution in [0.5, 0.6) is 11.5 Å². The fourth-order valence-electron chi connectivity index (χ4n) is 3.23. The molecule has 5 nitrogen and oxygen atoms in total. The lowest BCUT2D eigenvalue weighted by molar-refractivity contribution is -0.129. The van der Waals surface area contributed by atoms with E-state index in [2.05, 4.69) is 20.9 Å². The predicted octanol–water partition coefficient (Wildman–Crippen LogP) is 6.73. The lowest BCUT2D eigenvalue weighted by Crippen LogP contribution is -2.05. The Balaban J connectivity index is 1.61. The minimum atomic E-state index is -0.533. The zero-order valence-electron chi connectivity index (χ0n) is 18.1. The van der Waals surface area contributed by atoms with Gasteiger partial charge in [0.15, 0.2) is 17.2 Å². The summed E-state index contributed by atoms with van der Waals surface area (Å²) >= 11 is 9.99. The zero-order chi connectivity index (χ0) is 23.4. The van der Waals surface area contributed by atoms with E-state index in [4.69, 9.17) is 25.8 Å². The van der Waals surface area contributed by atoms with Crippen molar-refractivity contribution >= 4 is 45.5 Å². The van der Waals surface area contributed by atoms with Crippen LogP contribution in [0.25, 0.3) is 6.08 Å². The highest BCUT2D eigenvalue weighted by Crippen LogP contribution is 2.38. The van der Waals surface area contributed by atoms with Gasteiger partial charge in [-0.3, -0.25) is 0 Å². The minimum Gasteiger partial charge on any atom is -0.490 e. The molecule has 0 N–H and O–H groups in total. The lowest BCUT2D eigenvalue weighted by Gasteiger charge is -2.14. The second-order valence-corrected chi connectivity index (χ2v) is 8.61. The maximum absolute atomic E-state index is 12.4. The van der Waals surface area contributed by atoms with Gasteiger partial charge in [0.25, 0.3) is 0 Å². The van der Waals surface area contributed by atoms with Gasteiger partial charge < -0.3 is 14.2 Å². The van der Waals surface area contributed by atoms with Crippen molar-refractivity contribution in [3.05, 3.63) is 98.1 Å². The van der Waals surface area contributed by atoms with Gasteiger partial charge in [-0.1, -0.05) is 53.6 Å². The Labute approximate surface area is 205 Å². The normalized spacial score (nSPS) is 14.2. The number of nitrogens with zero attached hydrogens (tertiary/aromatic N) is 1. The molecule has 1 aliphatic heterocycles. The van der Waals surface area contributed by atoms with E-state index >= 15 is 0 Å². The number of carbonyl (C=O) groups is 1. The molecule has 0 spiro atoms. The average molecular weight is 527 g/mol. The molecule has 0 fully saturated rings. The van der Waals surface area contributed by atoms with E-state index in [1.54, 1.807) is 18.2 Å². The number of carbonyl (C=O) groups excluding carboxylic acids is 1. The van der Waals surface area contributed by atoms with Crippen molar-refractivity contribution in [1.29, 1.82) is 0 Å². The number of benzene rings is 3. The van der Waals surface area contributed by atoms with Crippen molar-refractivity contribution in [3.63, 3.8) is 0 Å². The largest absolute Gasteiger partial charge is 0.490 e. The lowest BCUT2D eigenvalue weighted by atomic mass is 10.1. The van der Waals surface area contributed by atoms with Crippen LogP contribution in [0.2, 0.25) is 5.02 Å². The van der Waals surface area contributed by atoms with E-state index in [1.807, 2.05) is 62.4 Å². The summed E-state index contributed by atoms with van der Waals surface area (Å²) in [6.07, 6.45) is 1.62. The van der Waals surface area contributed by atoms with Crippen LogP contribution < -0.4 is 9.47 Å². The summed E-state index contributed by atoms with van der Waals surface area (Å²) in [6.45, 7) is 4.70. The summed E-state index contributed by atoms with van der Waals surface area (Å²) in [5.41, 5.74) is 3.72. The third-order valence-electron chi connectivity index (χ3n) is 4.86. The molecule has 1 heterocycles. The number of halogens is 2. The standard InChI is InChI=1S/C26H21BrClNO4/c1-3-31-23-14-18(12-21(28)24(23)32-15-17-10-8-16(2)9-11-17)13-22-26(30)33-25(29-22)19-6-4-5-7-20(19)27/h4-14H,3,15H2,1-2H3/b22-13-. The number of hydrogen-bond acceptors (Lipinski definition) is 5. The Bertz CT molecular complexity index is 1250. The molecule has 0 saturated carbocycles. The number of esters is 1. The van der Waals surface area contributed by atoms with Gasteiger partial charge in [-0.2, -0.15) is 0 Å². The zero-order valence-corrected chi connectivity index (χ0v) is 20.4. The van der Waals surface area contributed by atoms with Crippen LogP contribution in [0.15, 0.2) is 75.8 Å². The van der Waals surface area contributed by atoms with E-state index in [1.165, 1.54) is 5.56 Å². The maximum atomic E-state index is 12.4. The molecule has 0 saturated heterocycles. The molecule has 0 amide bonds. The summed E-state index contributed by atoms with van der Waals surface area (Å²) in [6, 6.07) is 19.0. The van der Waals surface area contributed by atoms with Gasteiger partial charge in [-0.25, -0.2) is 9.79 Å². The molecule has 3 aromatic carbocycles. The molecular formula is C26H21BrClNO4. The number of aliphatic imine (C=N–C) groups is 1. The smallest absolute Gasteiger partial charge is 0.363 e. The number of cyclic esters (lactones) is 1. The fraction of sp³-hybridized carbons (Fsp3) is 0.154. The van der Waals surface area contributed by atoms with Gasteiger partial charge in [-0.15, -0.1) is 0 Å². The molecule has 168 valence electrons. The van der Waals surface area contributed by atoms with E-state index in [0.29, 0.717) is 40.9 Å². The molecule has 7 heteroatoms. The van der Waals surface area contributed by atoms with Gasteiger partial charge >= 0.3 is 5.97 Å². The molecule has 1 aliphatic rings. The maximum Gasteiger partial charge on any atom is 0.363 e. The first kappa shape index (κ1) is 23.1.